The molecule has 0 saturated heterocycles. The molecule has 3 N–H and O–H groups in total. The summed E-state index contributed by atoms with van der Waals surface area (Å²) in [6.45, 7) is 1.64. The van der Waals surface area contributed by atoms with Crippen LogP contribution in [0.5, 0.6) is 0 Å². The Hall–Kier alpha value is -2.08. The Labute approximate surface area is 169 Å². The summed E-state index contributed by atoms with van der Waals surface area (Å²) in [5.41, 5.74) is 4.80. The highest BCUT2D eigenvalue weighted by atomic mass is 35.5. The average molecular weight is 404 g/mol. The second-order valence-electron chi connectivity index (χ2n) is 8.85. The molecule has 0 aliphatic heterocycles. The molecule has 1 atom stereocenters. The summed E-state index contributed by atoms with van der Waals surface area (Å²) in [5, 5.41) is 3.33. The fourth-order valence-corrected chi connectivity index (χ4v) is 5.92. The van der Waals surface area contributed by atoms with Gasteiger partial charge in [0, 0.05) is 16.0 Å². The van der Waals surface area contributed by atoms with Crippen molar-refractivity contribution in [2.75, 3.05) is 0 Å². The van der Waals surface area contributed by atoms with Crippen molar-refractivity contribution in [3.8, 4) is 0 Å². The third-order valence-corrected chi connectivity index (χ3v) is 6.88. The zero-order chi connectivity index (χ0) is 19.9. The molecule has 4 aliphatic rings. The summed E-state index contributed by atoms with van der Waals surface area (Å²) in [6, 6.07) is 5.72. The molecular weight excluding hydrogens is 378 g/mol. The van der Waals surface area contributed by atoms with E-state index in [4.69, 9.17) is 11.6 Å². The first-order valence-corrected chi connectivity index (χ1v) is 10.4. The van der Waals surface area contributed by atoms with E-state index in [-0.39, 0.29) is 11.3 Å². The standard InChI is InChI=1S/C21H26ClN3O3/c1-12(18(26)24-25-19(27)16-3-2-4-17(22)8-16)23-20(28)21-9-13-5-14(10-21)7-15(6-13)11-21/h2-4,8,12-15H,5-7,9-11H2,1H3,(H,23,28)(H,24,26)(H,25,27)/t12-,13?,14?,15?,21?/m0/s1. The SMILES string of the molecule is C[C@H](NC(=O)C12CC3CC(CC(C3)C1)C2)C(=O)NNC(=O)c1cccc(Cl)c1. The molecule has 4 fully saturated rings. The van der Waals surface area contributed by atoms with Gasteiger partial charge in [0.05, 0.1) is 0 Å². The van der Waals surface area contributed by atoms with E-state index in [0.717, 1.165) is 19.3 Å². The maximum Gasteiger partial charge on any atom is 0.269 e. The molecule has 150 valence electrons. The molecule has 28 heavy (non-hydrogen) atoms. The van der Waals surface area contributed by atoms with Crippen LogP contribution in [0.2, 0.25) is 5.02 Å². The van der Waals surface area contributed by atoms with Crippen LogP contribution < -0.4 is 16.2 Å². The number of rotatable bonds is 4. The van der Waals surface area contributed by atoms with Crippen LogP contribution in [0.1, 0.15) is 55.8 Å². The number of benzene rings is 1. The molecule has 4 saturated carbocycles. The van der Waals surface area contributed by atoms with Crippen molar-refractivity contribution in [1.82, 2.24) is 16.2 Å². The number of carbonyl (C=O) groups excluding carboxylic acids is 3. The number of carbonyl (C=O) groups is 3. The Balaban J connectivity index is 1.31. The lowest BCUT2D eigenvalue weighted by atomic mass is 9.49. The molecule has 5 rings (SSSR count). The van der Waals surface area contributed by atoms with Crippen LogP contribution in [0.15, 0.2) is 24.3 Å². The van der Waals surface area contributed by atoms with E-state index in [2.05, 4.69) is 16.2 Å². The van der Waals surface area contributed by atoms with E-state index in [1.54, 1.807) is 25.1 Å². The summed E-state index contributed by atoms with van der Waals surface area (Å²) in [6.07, 6.45) is 6.63. The van der Waals surface area contributed by atoms with Crippen molar-refractivity contribution in [3.63, 3.8) is 0 Å². The third kappa shape index (κ3) is 3.75. The van der Waals surface area contributed by atoms with Gasteiger partial charge in [0.2, 0.25) is 5.91 Å². The van der Waals surface area contributed by atoms with Gasteiger partial charge in [-0.25, -0.2) is 0 Å². The number of halogens is 1. The van der Waals surface area contributed by atoms with Crippen molar-refractivity contribution < 1.29 is 14.4 Å². The van der Waals surface area contributed by atoms with Gasteiger partial charge < -0.3 is 5.32 Å². The Morgan fingerprint density at radius 3 is 2.21 bits per heavy atom. The molecule has 0 heterocycles. The first-order valence-electron chi connectivity index (χ1n) is 10.0. The summed E-state index contributed by atoms with van der Waals surface area (Å²) in [4.78, 5) is 37.5. The molecule has 1 aromatic carbocycles. The Bertz CT molecular complexity index is 775. The molecule has 1 aromatic rings. The van der Waals surface area contributed by atoms with Crippen LogP contribution in [-0.4, -0.2) is 23.8 Å². The first-order chi connectivity index (χ1) is 13.3. The second-order valence-corrected chi connectivity index (χ2v) is 9.28. The van der Waals surface area contributed by atoms with Crippen LogP contribution in [0.4, 0.5) is 0 Å². The van der Waals surface area contributed by atoms with Gasteiger partial charge in [-0.3, -0.25) is 25.2 Å². The van der Waals surface area contributed by atoms with Gasteiger partial charge in [-0.15, -0.1) is 0 Å². The molecule has 0 spiro atoms. The van der Waals surface area contributed by atoms with Crippen molar-refractivity contribution in [1.29, 1.82) is 0 Å². The Kier molecular flexibility index (Phi) is 5.08. The van der Waals surface area contributed by atoms with E-state index >= 15 is 0 Å². The molecule has 4 aliphatic carbocycles. The molecule has 4 bridgehead atoms. The number of hydrazine groups is 1. The molecular formula is C21H26ClN3O3. The van der Waals surface area contributed by atoms with E-state index in [1.807, 2.05) is 0 Å². The van der Waals surface area contributed by atoms with Crippen molar-refractivity contribution in [3.05, 3.63) is 34.9 Å². The number of hydrogen-bond acceptors (Lipinski definition) is 3. The third-order valence-electron chi connectivity index (χ3n) is 6.65. The quantitative estimate of drug-likeness (QED) is 0.675. The highest BCUT2D eigenvalue weighted by Gasteiger charge is 2.54. The van der Waals surface area contributed by atoms with Gasteiger partial charge in [0.15, 0.2) is 0 Å². The molecule has 3 amide bonds. The largest absolute Gasteiger partial charge is 0.344 e. The van der Waals surface area contributed by atoms with E-state index in [9.17, 15) is 14.4 Å². The first kappa shape index (κ1) is 19.2. The Morgan fingerprint density at radius 2 is 1.64 bits per heavy atom. The minimum Gasteiger partial charge on any atom is -0.344 e. The zero-order valence-electron chi connectivity index (χ0n) is 16.0. The van der Waals surface area contributed by atoms with E-state index in [0.29, 0.717) is 28.3 Å². The summed E-state index contributed by atoms with van der Waals surface area (Å²) in [7, 11) is 0. The number of hydrogen-bond donors (Lipinski definition) is 3. The number of nitrogens with one attached hydrogen (secondary N) is 3. The summed E-state index contributed by atoms with van der Waals surface area (Å²) < 4.78 is 0. The molecule has 6 nitrogen and oxygen atoms in total. The average Bonchev–Trinajstić information content (AvgIpc) is 2.64. The van der Waals surface area contributed by atoms with Gasteiger partial charge >= 0.3 is 0 Å². The molecule has 0 radical (unpaired) electrons. The molecule has 0 unspecified atom stereocenters. The van der Waals surface area contributed by atoms with Crippen LogP contribution in [0.3, 0.4) is 0 Å². The predicted octanol–water partition coefficient (Wildman–Crippen LogP) is 2.82. The molecule has 0 aromatic heterocycles. The lowest BCUT2D eigenvalue weighted by molar-refractivity contribution is -0.148. The fraction of sp³-hybridized carbons (Fsp3) is 0.571. The fourth-order valence-electron chi connectivity index (χ4n) is 5.73. The lowest BCUT2D eigenvalue weighted by Crippen LogP contribution is -2.57. The minimum absolute atomic E-state index is 0.00424. The van der Waals surface area contributed by atoms with Gasteiger partial charge in [-0.1, -0.05) is 17.7 Å². The minimum atomic E-state index is -0.722. The van der Waals surface area contributed by atoms with Gasteiger partial charge in [-0.05, 0) is 81.4 Å². The van der Waals surface area contributed by atoms with Crippen LogP contribution in [0, 0.1) is 23.2 Å². The second kappa shape index (κ2) is 7.39. The highest BCUT2D eigenvalue weighted by molar-refractivity contribution is 6.30. The lowest BCUT2D eigenvalue weighted by Gasteiger charge is -2.55. The van der Waals surface area contributed by atoms with Crippen molar-refractivity contribution in [2.45, 2.75) is 51.5 Å². The number of amides is 3. The predicted molar refractivity (Wildman–Crippen MR) is 105 cm³/mol. The van der Waals surface area contributed by atoms with Crippen LogP contribution >= 0.6 is 11.6 Å². The molecule has 7 heteroatoms. The van der Waals surface area contributed by atoms with E-state index < -0.39 is 17.9 Å². The van der Waals surface area contributed by atoms with E-state index in [1.165, 1.54) is 25.3 Å². The summed E-state index contributed by atoms with van der Waals surface area (Å²) in [5.74, 6) is 1.08. The van der Waals surface area contributed by atoms with Crippen molar-refractivity contribution in [2.24, 2.45) is 23.2 Å². The highest BCUT2D eigenvalue weighted by Crippen LogP contribution is 2.60. The Morgan fingerprint density at radius 1 is 1.04 bits per heavy atom. The van der Waals surface area contributed by atoms with Gasteiger partial charge in [0.1, 0.15) is 6.04 Å². The van der Waals surface area contributed by atoms with Crippen molar-refractivity contribution >= 4 is 29.3 Å². The smallest absolute Gasteiger partial charge is 0.269 e. The van der Waals surface area contributed by atoms with Crippen LogP contribution in [-0.2, 0) is 9.59 Å². The van der Waals surface area contributed by atoms with Crippen LogP contribution in [0.25, 0.3) is 0 Å². The topological polar surface area (TPSA) is 87.3 Å². The van der Waals surface area contributed by atoms with Gasteiger partial charge in [-0.2, -0.15) is 0 Å². The summed E-state index contributed by atoms with van der Waals surface area (Å²) >= 11 is 5.87. The zero-order valence-corrected chi connectivity index (χ0v) is 16.7. The maximum absolute atomic E-state index is 13.0. The van der Waals surface area contributed by atoms with Gasteiger partial charge in [0.25, 0.3) is 11.8 Å². The normalized spacial score (nSPS) is 31.1. The monoisotopic (exact) mass is 403 g/mol. The maximum atomic E-state index is 13.0.